The van der Waals surface area contributed by atoms with Crippen LogP contribution in [0, 0.1) is 24.2 Å². The molecule has 0 aromatic heterocycles. The molecule has 0 aliphatic rings. The molecule has 0 rings (SSSR count). The van der Waals surface area contributed by atoms with Gasteiger partial charge in [-0.2, -0.15) is 0 Å². The second-order valence-electron chi connectivity index (χ2n) is 3.72. The van der Waals surface area contributed by atoms with Crippen LogP contribution in [0.5, 0.6) is 0 Å². The lowest BCUT2D eigenvalue weighted by Gasteiger charge is -2.20. The maximum atomic E-state index is 3.83. The van der Waals surface area contributed by atoms with Gasteiger partial charge in [-0.05, 0) is 18.8 Å². The van der Waals surface area contributed by atoms with Crippen LogP contribution in [-0.2, 0) is 0 Å². The molecule has 0 heterocycles. The second kappa shape index (κ2) is 5.24. The summed E-state index contributed by atoms with van der Waals surface area (Å²) < 4.78 is 0. The molecular weight excluding hydrogens is 132 g/mol. The average Bonchev–Trinajstić information content (AvgIpc) is 1.97. The van der Waals surface area contributed by atoms with Crippen LogP contribution >= 0.6 is 0 Å². The molecule has 0 saturated carbocycles. The highest BCUT2D eigenvalue weighted by Gasteiger charge is 2.14. The van der Waals surface area contributed by atoms with Crippen LogP contribution in [0.3, 0.4) is 0 Å². The van der Waals surface area contributed by atoms with Crippen molar-refractivity contribution in [1.29, 1.82) is 0 Å². The average molecular weight is 151 g/mol. The SMILES string of the molecule is [CH2]CCCC(C)(C)CC#CC. The Morgan fingerprint density at radius 2 is 2.00 bits per heavy atom. The molecule has 63 valence electrons. The summed E-state index contributed by atoms with van der Waals surface area (Å²) in [5.74, 6) is 6.06. The van der Waals surface area contributed by atoms with E-state index in [1.165, 1.54) is 12.8 Å². The molecule has 11 heavy (non-hydrogen) atoms. The highest BCUT2D eigenvalue weighted by molar-refractivity contribution is 4.98. The fourth-order valence-corrected chi connectivity index (χ4v) is 1.02. The molecule has 0 aromatic carbocycles. The fourth-order valence-electron chi connectivity index (χ4n) is 1.02. The van der Waals surface area contributed by atoms with Crippen molar-refractivity contribution in [3.8, 4) is 11.8 Å². The molecule has 0 aliphatic carbocycles. The van der Waals surface area contributed by atoms with E-state index in [9.17, 15) is 0 Å². The minimum atomic E-state index is 0.390. The van der Waals surface area contributed by atoms with E-state index in [1.54, 1.807) is 0 Å². The first-order valence-corrected chi connectivity index (χ1v) is 4.31. The van der Waals surface area contributed by atoms with Crippen molar-refractivity contribution < 1.29 is 0 Å². The van der Waals surface area contributed by atoms with Gasteiger partial charge in [0.1, 0.15) is 0 Å². The highest BCUT2D eigenvalue weighted by Crippen LogP contribution is 2.26. The van der Waals surface area contributed by atoms with Crippen molar-refractivity contribution >= 4 is 0 Å². The zero-order chi connectivity index (χ0) is 8.74. The molecule has 0 fully saturated rings. The lowest BCUT2D eigenvalue weighted by molar-refractivity contribution is 0.336. The zero-order valence-electron chi connectivity index (χ0n) is 8.04. The molecule has 0 bridgehead atoms. The predicted molar refractivity (Wildman–Crippen MR) is 51.1 cm³/mol. The Bertz CT molecular complexity index is 143. The van der Waals surface area contributed by atoms with Crippen molar-refractivity contribution in [2.45, 2.75) is 46.5 Å². The van der Waals surface area contributed by atoms with Crippen LogP contribution in [-0.4, -0.2) is 0 Å². The molecule has 0 amide bonds. The minimum absolute atomic E-state index is 0.390. The van der Waals surface area contributed by atoms with Crippen LogP contribution in [0.25, 0.3) is 0 Å². The van der Waals surface area contributed by atoms with Gasteiger partial charge in [0.15, 0.2) is 0 Å². The van der Waals surface area contributed by atoms with Gasteiger partial charge in [-0.25, -0.2) is 0 Å². The van der Waals surface area contributed by atoms with Gasteiger partial charge in [0.2, 0.25) is 0 Å². The summed E-state index contributed by atoms with van der Waals surface area (Å²) in [7, 11) is 0. The van der Waals surface area contributed by atoms with Gasteiger partial charge in [0.05, 0.1) is 0 Å². The molecule has 0 unspecified atom stereocenters. The summed E-state index contributed by atoms with van der Waals surface area (Å²) in [4.78, 5) is 0. The van der Waals surface area contributed by atoms with Crippen molar-refractivity contribution in [3.63, 3.8) is 0 Å². The summed E-state index contributed by atoms with van der Waals surface area (Å²) in [6.07, 6.45) is 4.52. The molecule has 0 spiro atoms. The molecule has 0 atom stereocenters. The van der Waals surface area contributed by atoms with Gasteiger partial charge in [0, 0.05) is 6.42 Å². The van der Waals surface area contributed by atoms with E-state index in [0.717, 1.165) is 12.8 Å². The van der Waals surface area contributed by atoms with Gasteiger partial charge in [0.25, 0.3) is 0 Å². The quantitative estimate of drug-likeness (QED) is 0.540. The van der Waals surface area contributed by atoms with E-state index >= 15 is 0 Å². The maximum Gasteiger partial charge on any atom is 0.0140 e. The van der Waals surface area contributed by atoms with Crippen LogP contribution in [0.15, 0.2) is 0 Å². The smallest absolute Gasteiger partial charge is 0.0140 e. The Morgan fingerprint density at radius 3 is 2.45 bits per heavy atom. The van der Waals surface area contributed by atoms with E-state index in [1.807, 2.05) is 6.92 Å². The van der Waals surface area contributed by atoms with E-state index in [0.29, 0.717) is 5.41 Å². The fraction of sp³-hybridized carbons (Fsp3) is 0.727. The first-order valence-electron chi connectivity index (χ1n) is 4.31. The van der Waals surface area contributed by atoms with Gasteiger partial charge in [-0.1, -0.05) is 33.6 Å². The minimum Gasteiger partial charge on any atom is -0.107 e. The summed E-state index contributed by atoms with van der Waals surface area (Å²) in [6, 6.07) is 0. The third-order valence-corrected chi connectivity index (χ3v) is 1.85. The van der Waals surface area contributed by atoms with Gasteiger partial charge in [-0.15, -0.1) is 11.8 Å². The zero-order valence-corrected chi connectivity index (χ0v) is 8.04. The molecule has 0 nitrogen and oxygen atoms in total. The number of rotatable bonds is 4. The molecule has 1 radical (unpaired) electrons. The van der Waals surface area contributed by atoms with E-state index in [4.69, 9.17) is 0 Å². The number of hydrogen-bond acceptors (Lipinski definition) is 0. The lowest BCUT2D eigenvalue weighted by Crippen LogP contribution is -2.09. The van der Waals surface area contributed by atoms with Crippen LogP contribution < -0.4 is 0 Å². The van der Waals surface area contributed by atoms with Crippen LogP contribution in [0.1, 0.15) is 46.5 Å². The van der Waals surface area contributed by atoms with Gasteiger partial charge < -0.3 is 0 Å². The van der Waals surface area contributed by atoms with Gasteiger partial charge in [-0.3, -0.25) is 0 Å². The second-order valence-corrected chi connectivity index (χ2v) is 3.72. The monoisotopic (exact) mass is 151 g/mol. The summed E-state index contributed by atoms with van der Waals surface area (Å²) in [5.41, 5.74) is 0.390. The molecule has 0 N–H and O–H groups in total. The molecule has 0 aliphatic heterocycles. The highest BCUT2D eigenvalue weighted by atomic mass is 14.2. The summed E-state index contributed by atoms with van der Waals surface area (Å²) in [5, 5.41) is 0. The van der Waals surface area contributed by atoms with Crippen molar-refractivity contribution in [3.05, 3.63) is 6.92 Å². The Morgan fingerprint density at radius 1 is 1.36 bits per heavy atom. The first kappa shape index (κ1) is 10.6. The number of unbranched alkanes of at least 4 members (excludes halogenated alkanes) is 1. The van der Waals surface area contributed by atoms with Crippen molar-refractivity contribution in [2.24, 2.45) is 5.41 Å². The molecule has 0 heteroatoms. The van der Waals surface area contributed by atoms with E-state index in [-0.39, 0.29) is 0 Å². The number of hydrogen-bond donors (Lipinski definition) is 0. The van der Waals surface area contributed by atoms with Gasteiger partial charge >= 0.3 is 0 Å². The standard InChI is InChI=1S/C11H19/c1-5-7-9-11(3,4)10-8-6-2/h1,5,7,9-10H2,2-4H3. The third kappa shape index (κ3) is 5.98. The maximum absolute atomic E-state index is 3.83. The van der Waals surface area contributed by atoms with E-state index in [2.05, 4.69) is 32.6 Å². The Hall–Kier alpha value is -0.440. The first-order chi connectivity index (χ1) is 5.12. The third-order valence-electron chi connectivity index (χ3n) is 1.85. The summed E-state index contributed by atoms with van der Waals surface area (Å²) in [6.45, 7) is 10.3. The largest absolute Gasteiger partial charge is 0.107 e. The summed E-state index contributed by atoms with van der Waals surface area (Å²) >= 11 is 0. The van der Waals surface area contributed by atoms with E-state index < -0.39 is 0 Å². The van der Waals surface area contributed by atoms with Crippen LogP contribution in [0.4, 0.5) is 0 Å². The Balaban J connectivity index is 3.66. The molecule has 0 aromatic rings. The normalized spacial score (nSPS) is 10.5. The molecular formula is C11H19. The van der Waals surface area contributed by atoms with Crippen molar-refractivity contribution in [2.75, 3.05) is 0 Å². The van der Waals surface area contributed by atoms with Crippen molar-refractivity contribution in [1.82, 2.24) is 0 Å². The van der Waals surface area contributed by atoms with Crippen LogP contribution in [0.2, 0.25) is 0 Å². The molecule has 0 saturated heterocycles. The topological polar surface area (TPSA) is 0 Å². The Labute approximate surface area is 71.4 Å². The Kier molecular flexibility index (Phi) is 5.03. The predicted octanol–water partition coefficient (Wildman–Crippen LogP) is 3.43. The lowest BCUT2D eigenvalue weighted by atomic mass is 9.84.